The van der Waals surface area contributed by atoms with Crippen LogP contribution in [0.1, 0.15) is 11.3 Å². The highest BCUT2D eigenvalue weighted by atomic mass is 127. The third kappa shape index (κ3) is 4.93. The number of hydrogen-bond donors (Lipinski definition) is 0. The molecule has 0 aliphatic heterocycles. The summed E-state index contributed by atoms with van der Waals surface area (Å²) in [6, 6.07) is 24.0. The third-order valence-electron chi connectivity index (χ3n) is 3.38. The Kier molecular flexibility index (Phi) is 6.35. The summed E-state index contributed by atoms with van der Waals surface area (Å²) in [6.07, 6.45) is 6.23. The van der Waals surface area contributed by atoms with Gasteiger partial charge in [-0.3, -0.25) is 0 Å². The Morgan fingerprint density at radius 1 is 0.783 bits per heavy atom. The van der Waals surface area contributed by atoms with Crippen molar-refractivity contribution in [2.24, 2.45) is 7.05 Å². The maximum absolute atomic E-state index is 5.86. The van der Waals surface area contributed by atoms with Gasteiger partial charge in [-0.1, -0.05) is 30.3 Å². The Balaban J connectivity index is 0.00000192. The largest absolute Gasteiger partial charge is 1.00 e. The normalized spacial score (nSPS) is 10.3. The van der Waals surface area contributed by atoms with Crippen LogP contribution in [0.3, 0.4) is 0 Å². The lowest BCUT2D eigenvalue weighted by atomic mass is 10.2. The average Bonchev–Trinajstić information content (AvgIpc) is 2.55. The molecule has 0 aliphatic carbocycles. The van der Waals surface area contributed by atoms with E-state index in [1.165, 1.54) is 0 Å². The predicted octanol–water partition coefficient (Wildman–Crippen LogP) is 1.48. The van der Waals surface area contributed by atoms with E-state index in [1.54, 1.807) is 0 Å². The molecule has 0 N–H and O–H groups in total. The fourth-order valence-corrected chi connectivity index (χ4v) is 2.20. The van der Waals surface area contributed by atoms with E-state index < -0.39 is 0 Å². The Morgan fingerprint density at radius 3 is 2.30 bits per heavy atom. The molecule has 0 radical (unpaired) electrons. The lowest BCUT2D eigenvalue weighted by molar-refractivity contribution is -0.673. The van der Waals surface area contributed by atoms with Crippen LogP contribution >= 0.6 is 0 Å². The van der Waals surface area contributed by atoms with Crippen molar-refractivity contribution >= 4 is 12.2 Å². The minimum Gasteiger partial charge on any atom is -1.00 e. The van der Waals surface area contributed by atoms with Gasteiger partial charge in [-0.15, -0.1) is 0 Å². The van der Waals surface area contributed by atoms with E-state index in [0.717, 1.165) is 22.8 Å². The van der Waals surface area contributed by atoms with Crippen LogP contribution in [-0.4, -0.2) is 0 Å². The molecule has 0 fully saturated rings. The van der Waals surface area contributed by atoms with Crippen molar-refractivity contribution in [1.82, 2.24) is 0 Å². The van der Waals surface area contributed by atoms with Gasteiger partial charge in [0.25, 0.3) is 0 Å². The zero-order chi connectivity index (χ0) is 15.2. The minimum atomic E-state index is 0. The number of aromatic nitrogens is 1. The number of rotatable bonds is 4. The molecule has 0 spiro atoms. The molecule has 2 aromatic carbocycles. The van der Waals surface area contributed by atoms with Gasteiger partial charge >= 0.3 is 0 Å². The van der Waals surface area contributed by atoms with Crippen molar-refractivity contribution in [2.45, 2.75) is 0 Å². The number of ether oxygens (including phenoxy) is 1. The van der Waals surface area contributed by atoms with E-state index >= 15 is 0 Å². The molecule has 1 heterocycles. The summed E-state index contributed by atoms with van der Waals surface area (Å²) in [4.78, 5) is 0. The minimum absolute atomic E-state index is 0. The van der Waals surface area contributed by atoms with Gasteiger partial charge in [0.2, 0.25) is 5.69 Å². The number of nitrogens with zero attached hydrogens (tertiary/aromatic N) is 1. The first-order valence-electron chi connectivity index (χ1n) is 7.27. The Morgan fingerprint density at radius 2 is 1.52 bits per heavy atom. The van der Waals surface area contributed by atoms with Crippen molar-refractivity contribution in [3.05, 3.63) is 90.3 Å². The van der Waals surface area contributed by atoms with Gasteiger partial charge in [-0.2, -0.15) is 0 Å². The van der Waals surface area contributed by atoms with Gasteiger partial charge in [-0.25, -0.2) is 4.57 Å². The van der Waals surface area contributed by atoms with Crippen molar-refractivity contribution in [3.8, 4) is 11.5 Å². The number of aryl methyl sites for hydroxylation is 1. The topological polar surface area (TPSA) is 13.1 Å². The van der Waals surface area contributed by atoms with E-state index in [1.807, 2.05) is 73.9 Å². The van der Waals surface area contributed by atoms with Gasteiger partial charge in [0, 0.05) is 18.2 Å². The Bertz CT molecular complexity index is 784. The van der Waals surface area contributed by atoms with Crippen molar-refractivity contribution in [3.63, 3.8) is 0 Å². The molecule has 0 bridgehead atoms. The van der Waals surface area contributed by atoms with Gasteiger partial charge in [0.1, 0.15) is 18.5 Å². The second kappa shape index (κ2) is 8.48. The molecule has 116 valence electrons. The molecule has 3 rings (SSSR count). The quantitative estimate of drug-likeness (QED) is 0.465. The maximum atomic E-state index is 5.86. The van der Waals surface area contributed by atoms with Crippen LogP contribution in [0.15, 0.2) is 79.0 Å². The number of hydrogen-bond acceptors (Lipinski definition) is 1. The van der Waals surface area contributed by atoms with Crippen LogP contribution < -0.4 is 33.3 Å². The van der Waals surface area contributed by atoms with E-state index in [0.29, 0.717) is 0 Å². The SMILES string of the molecule is C[n+]1ccccc1/C=C/c1cccc(Oc2ccccc2)c1.[I-]. The van der Waals surface area contributed by atoms with Gasteiger partial charge < -0.3 is 28.7 Å². The summed E-state index contributed by atoms with van der Waals surface area (Å²) >= 11 is 0. The van der Waals surface area contributed by atoms with Crippen LogP contribution in [0.4, 0.5) is 0 Å². The zero-order valence-corrected chi connectivity index (χ0v) is 15.1. The number of benzene rings is 2. The van der Waals surface area contributed by atoms with Gasteiger partial charge in [-0.05, 0) is 42.0 Å². The van der Waals surface area contributed by atoms with E-state index in [9.17, 15) is 0 Å². The van der Waals surface area contributed by atoms with Gasteiger partial charge in [0.05, 0.1) is 0 Å². The number of halogens is 1. The summed E-state index contributed by atoms with van der Waals surface area (Å²) < 4.78 is 7.94. The molecule has 2 nitrogen and oxygen atoms in total. The lowest BCUT2D eigenvalue weighted by Crippen LogP contribution is -3.00. The summed E-state index contributed by atoms with van der Waals surface area (Å²) in [5.41, 5.74) is 2.26. The first-order chi connectivity index (χ1) is 10.8. The molecule has 3 aromatic rings. The zero-order valence-electron chi connectivity index (χ0n) is 12.9. The number of para-hydroxylation sites is 1. The highest BCUT2D eigenvalue weighted by molar-refractivity contribution is 5.67. The van der Waals surface area contributed by atoms with E-state index in [4.69, 9.17) is 4.74 Å². The Labute approximate surface area is 154 Å². The fourth-order valence-electron chi connectivity index (χ4n) is 2.20. The predicted molar refractivity (Wildman–Crippen MR) is 89.5 cm³/mol. The van der Waals surface area contributed by atoms with Crippen LogP contribution in [0.2, 0.25) is 0 Å². The smallest absolute Gasteiger partial charge is 0.204 e. The molecule has 0 amide bonds. The van der Waals surface area contributed by atoms with Crippen molar-refractivity contribution in [1.29, 1.82) is 0 Å². The van der Waals surface area contributed by atoms with Crippen LogP contribution in [0.25, 0.3) is 12.2 Å². The first-order valence-corrected chi connectivity index (χ1v) is 7.27. The maximum Gasteiger partial charge on any atom is 0.204 e. The second-order valence-electron chi connectivity index (χ2n) is 5.06. The molecule has 23 heavy (non-hydrogen) atoms. The number of pyridine rings is 1. The summed E-state index contributed by atoms with van der Waals surface area (Å²) in [5.74, 6) is 1.68. The lowest BCUT2D eigenvalue weighted by Gasteiger charge is -2.05. The van der Waals surface area contributed by atoms with Gasteiger partial charge in [0.15, 0.2) is 6.20 Å². The summed E-state index contributed by atoms with van der Waals surface area (Å²) in [5, 5.41) is 0. The van der Waals surface area contributed by atoms with E-state index in [-0.39, 0.29) is 24.0 Å². The molecule has 3 heteroatoms. The van der Waals surface area contributed by atoms with E-state index in [2.05, 4.69) is 28.9 Å². The Hall–Kier alpha value is -2.14. The first kappa shape index (κ1) is 17.2. The summed E-state index contributed by atoms with van der Waals surface area (Å²) in [7, 11) is 2.04. The highest BCUT2D eigenvalue weighted by Gasteiger charge is 2.00. The highest BCUT2D eigenvalue weighted by Crippen LogP contribution is 2.22. The second-order valence-corrected chi connectivity index (χ2v) is 5.06. The fraction of sp³-hybridized carbons (Fsp3) is 0.0500. The molecule has 0 atom stereocenters. The third-order valence-corrected chi connectivity index (χ3v) is 3.38. The molecule has 0 saturated heterocycles. The van der Waals surface area contributed by atoms with Crippen LogP contribution in [0, 0.1) is 0 Å². The summed E-state index contributed by atoms with van der Waals surface area (Å²) in [6.45, 7) is 0. The van der Waals surface area contributed by atoms with Crippen LogP contribution in [0.5, 0.6) is 11.5 Å². The van der Waals surface area contributed by atoms with Crippen molar-refractivity contribution in [2.75, 3.05) is 0 Å². The monoisotopic (exact) mass is 415 g/mol. The molecule has 0 unspecified atom stereocenters. The van der Waals surface area contributed by atoms with Crippen LogP contribution in [-0.2, 0) is 7.05 Å². The molecular formula is C20H18INO. The molecular weight excluding hydrogens is 397 g/mol. The standard InChI is InChI=1S/C20H18NO.HI/c1-21-15-6-5-9-18(21)14-13-17-8-7-12-20(16-17)22-19-10-3-2-4-11-19;/h2-16H,1H3;1H/q+1;/p-1/b14-13+;. The average molecular weight is 415 g/mol. The van der Waals surface area contributed by atoms with Crippen molar-refractivity contribution < 1.29 is 33.3 Å². The molecule has 0 aliphatic rings. The molecule has 0 saturated carbocycles. The molecule has 1 aromatic heterocycles.